The van der Waals surface area contributed by atoms with Gasteiger partial charge in [-0.1, -0.05) is 0 Å². The molecule has 1 heterocycles. The van der Waals surface area contributed by atoms with E-state index in [1.165, 1.54) is 6.20 Å². The molecule has 0 aliphatic carbocycles. The SMILES string of the molecule is Cc1cn(N=Cc2ccc(OC(F)(F)F)c(F)c2F)c(N)n1. The number of imidazole rings is 1. The van der Waals surface area contributed by atoms with Gasteiger partial charge in [0.05, 0.1) is 18.1 Å². The zero-order valence-corrected chi connectivity index (χ0v) is 11.0. The van der Waals surface area contributed by atoms with Gasteiger partial charge in [-0.15, -0.1) is 13.2 Å². The second-order valence-electron chi connectivity index (χ2n) is 4.16. The van der Waals surface area contributed by atoms with E-state index in [-0.39, 0.29) is 11.5 Å². The van der Waals surface area contributed by atoms with Crippen molar-refractivity contribution in [2.45, 2.75) is 13.3 Å². The lowest BCUT2D eigenvalue weighted by atomic mass is 10.2. The standard InChI is InChI=1S/C12H9F5N4O/c1-6-5-21(11(18)20-6)19-4-7-2-3-8(10(14)9(7)13)22-12(15,16)17/h2-5H,1H3,(H2,18,20). The van der Waals surface area contributed by atoms with Crippen LogP contribution in [-0.2, 0) is 0 Å². The minimum absolute atomic E-state index is 0.0201. The van der Waals surface area contributed by atoms with E-state index in [1.807, 2.05) is 0 Å². The van der Waals surface area contributed by atoms with Gasteiger partial charge in [0.1, 0.15) is 0 Å². The molecule has 0 aliphatic rings. The summed E-state index contributed by atoms with van der Waals surface area (Å²) >= 11 is 0. The summed E-state index contributed by atoms with van der Waals surface area (Å²) in [6.07, 6.45) is -2.79. The smallest absolute Gasteiger partial charge is 0.403 e. The van der Waals surface area contributed by atoms with Crippen molar-refractivity contribution in [2.24, 2.45) is 5.10 Å². The Bertz CT molecular complexity index is 723. The summed E-state index contributed by atoms with van der Waals surface area (Å²) in [5.74, 6) is -4.54. The van der Waals surface area contributed by atoms with Gasteiger partial charge in [0.2, 0.25) is 11.8 Å². The van der Waals surface area contributed by atoms with Crippen LogP contribution in [0.2, 0.25) is 0 Å². The number of hydrogen-bond donors (Lipinski definition) is 1. The Morgan fingerprint density at radius 2 is 1.95 bits per heavy atom. The highest BCUT2D eigenvalue weighted by Gasteiger charge is 2.33. The first-order valence-corrected chi connectivity index (χ1v) is 5.77. The highest BCUT2D eigenvalue weighted by atomic mass is 19.4. The molecule has 2 N–H and O–H groups in total. The average Bonchev–Trinajstić information content (AvgIpc) is 2.71. The number of nitrogens with zero attached hydrogens (tertiary/aromatic N) is 3. The minimum atomic E-state index is -5.12. The Morgan fingerprint density at radius 1 is 1.27 bits per heavy atom. The number of anilines is 1. The molecule has 0 saturated carbocycles. The molecule has 2 rings (SSSR count). The zero-order chi connectivity index (χ0) is 16.5. The van der Waals surface area contributed by atoms with Gasteiger partial charge in [0, 0.05) is 5.56 Å². The summed E-state index contributed by atoms with van der Waals surface area (Å²) in [5.41, 5.74) is 5.67. The lowest BCUT2D eigenvalue weighted by Gasteiger charge is -2.10. The largest absolute Gasteiger partial charge is 0.573 e. The van der Waals surface area contributed by atoms with Crippen molar-refractivity contribution < 1.29 is 26.7 Å². The molecule has 0 atom stereocenters. The first kappa shape index (κ1) is 15.7. The minimum Gasteiger partial charge on any atom is -0.403 e. The van der Waals surface area contributed by atoms with Crippen molar-refractivity contribution in [1.29, 1.82) is 0 Å². The zero-order valence-electron chi connectivity index (χ0n) is 11.0. The van der Waals surface area contributed by atoms with Crippen LogP contribution < -0.4 is 10.5 Å². The molecule has 118 valence electrons. The molecule has 1 aromatic carbocycles. The van der Waals surface area contributed by atoms with E-state index in [9.17, 15) is 22.0 Å². The summed E-state index contributed by atoms with van der Waals surface area (Å²) in [4.78, 5) is 3.83. The number of aryl methyl sites for hydroxylation is 1. The second kappa shape index (κ2) is 5.62. The Morgan fingerprint density at radius 3 is 2.50 bits per heavy atom. The van der Waals surface area contributed by atoms with Gasteiger partial charge in [0.25, 0.3) is 0 Å². The van der Waals surface area contributed by atoms with Crippen LogP contribution in [0.15, 0.2) is 23.4 Å². The summed E-state index contributed by atoms with van der Waals surface area (Å²) in [6, 6.07) is 1.54. The topological polar surface area (TPSA) is 65.4 Å². The van der Waals surface area contributed by atoms with Gasteiger partial charge < -0.3 is 10.5 Å². The van der Waals surface area contributed by atoms with E-state index in [0.29, 0.717) is 11.8 Å². The van der Waals surface area contributed by atoms with Crippen molar-refractivity contribution in [2.75, 3.05) is 5.73 Å². The van der Waals surface area contributed by atoms with E-state index >= 15 is 0 Å². The number of aromatic nitrogens is 2. The lowest BCUT2D eigenvalue weighted by molar-refractivity contribution is -0.275. The number of nitrogens with two attached hydrogens (primary N) is 1. The fourth-order valence-electron chi connectivity index (χ4n) is 1.57. The Labute approximate surface area is 120 Å². The fourth-order valence-corrected chi connectivity index (χ4v) is 1.57. The van der Waals surface area contributed by atoms with E-state index in [2.05, 4.69) is 14.8 Å². The molecule has 0 bridgehead atoms. The number of benzene rings is 1. The molecular formula is C12H9F5N4O. The van der Waals surface area contributed by atoms with Gasteiger partial charge in [-0.05, 0) is 19.1 Å². The summed E-state index contributed by atoms with van der Waals surface area (Å²) in [7, 11) is 0. The maximum atomic E-state index is 13.7. The summed E-state index contributed by atoms with van der Waals surface area (Å²) in [6.45, 7) is 1.64. The van der Waals surface area contributed by atoms with Crippen molar-refractivity contribution in [3.8, 4) is 5.75 Å². The van der Waals surface area contributed by atoms with Gasteiger partial charge in [-0.3, -0.25) is 0 Å². The van der Waals surface area contributed by atoms with Crippen LogP contribution in [-0.4, -0.2) is 22.2 Å². The molecule has 5 nitrogen and oxygen atoms in total. The molecular weight excluding hydrogens is 311 g/mol. The Hall–Kier alpha value is -2.65. The molecule has 0 spiro atoms. The van der Waals surface area contributed by atoms with E-state index in [1.54, 1.807) is 6.92 Å². The van der Waals surface area contributed by atoms with Crippen LogP contribution in [0.1, 0.15) is 11.3 Å². The molecule has 0 fully saturated rings. The highest BCUT2D eigenvalue weighted by molar-refractivity contribution is 5.80. The Balaban J connectivity index is 2.30. The van der Waals surface area contributed by atoms with Crippen LogP contribution >= 0.6 is 0 Å². The molecule has 0 amide bonds. The number of rotatable bonds is 3. The summed E-state index contributed by atoms with van der Waals surface area (Å²) < 4.78 is 67.7. The van der Waals surface area contributed by atoms with Gasteiger partial charge >= 0.3 is 6.36 Å². The number of halogens is 5. The monoisotopic (exact) mass is 320 g/mol. The maximum Gasteiger partial charge on any atom is 0.573 e. The molecule has 2 aromatic rings. The average molecular weight is 320 g/mol. The fraction of sp³-hybridized carbons (Fsp3) is 0.167. The predicted molar refractivity (Wildman–Crippen MR) is 67.4 cm³/mol. The quantitative estimate of drug-likeness (QED) is 0.698. The van der Waals surface area contributed by atoms with Gasteiger partial charge in [0.15, 0.2) is 11.6 Å². The third-order valence-electron chi connectivity index (χ3n) is 2.46. The Kier molecular flexibility index (Phi) is 4.02. The van der Waals surface area contributed by atoms with E-state index in [0.717, 1.165) is 17.0 Å². The van der Waals surface area contributed by atoms with Crippen LogP contribution in [0.25, 0.3) is 0 Å². The third-order valence-corrected chi connectivity index (χ3v) is 2.46. The molecule has 0 aliphatic heterocycles. The van der Waals surface area contributed by atoms with Crippen LogP contribution in [0, 0.1) is 18.6 Å². The number of hydrogen-bond acceptors (Lipinski definition) is 4. The van der Waals surface area contributed by atoms with Crippen molar-refractivity contribution >= 4 is 12.2 Å². The summed E-state index contributed by atoms with van der Waals surface area (Å²) in [5, 5.41) is 3.74. The number of alkyl halides is 3. The molecule has 0 saturated heterocycles. The first-order valence-electron chi connectivity index (χ1n) is 5.77. The van der Waals surface area contributed by atoms with Crippen LogP contribution in [0.5, 0.6) is 5.75 Å². The third kappa shape index (κ3) is 3.51. The van der Waals surface area contributed by atoms with E-state index in [4.69, 9.17) is 5.73 Å². The van der Waals surface area contributed by atoms with Crippen molar-refractivity contribution in [3.05, 3.63) is 41.2 Å². The van der Waals surface area contributed by atoms with Crippen molar-refractivity contribution in [3.63, 3.8) is 0 Å². The molecule has 1 aromatic heterocycles. The van der Waals surface area contributed by atoms with Gasteiger partial charge in [-0.2, -0.15) is 9.49 Å². The van der Waals surface area contributed by atoms with Crippen molar-refractivity contribution in [1.82, 2.24) is 9.66 Å². The maximum absolute atomic E-state index is 13.7. The molecule has 0 unspecified atom stereocenters. The van der Waals surface area contributed by atoms with Crippen LogP contribution in [0.4, 0.5) is 27.9 Å². The molecule has 10 heteroatoms. The lowest BCUT2D eigenvalue weighted by Crippen LogP contribution is -2.18. The number of nitrogen functional groups attached to an aromatic ring is 1. The predicted octanol–water partition coefficient (Wildman–Crippen LogP) is 2.83. The van der Waals surface area contributed by atoms with E-state index < -0.39 is 23.7 Å². The number of ether oxygens (including phenoxy) is 1. The highest BCUT2D eigenvalue weighted by Crippen LogP contribution is 2.27. The molecule has 22 heavy (non-hydrogen) atoms. The molecule has 0 radical (unpaired) electrons. The second-order valence-corrected chi connectivity index (χ2v) is 4.16. The van der Waals surface area contributed by atoms with Crippen LogP contribution in [0.3, 0.4) is 0 Å². The normalized spacial score (nSPS) is 12.1. The first-order chi connectivity index (χ1) is 10.2. The van der Waals surface area contributed by atoms with Gasteiger partial charge in [-0.25, -0.2) is 14.1 Å².